The highest BCUT2D eigenvalue weighted by Crippen LogP contribution is 2.49. The molecule has 0 bridgehead atoms. The standard InChI is InChI=1S/C22H20N3O7PS2/c23-32-33(28,31-20-12-10-19(11-13-20)25(26)27)16-24(15-17-6-2-1-3-7-17)35(29,30)22-14-18-8-4-5-9-21(18)34-22/h1-14H,15-16,23H2. The Morgan fingerprint density at radius 2 is 1.66 bits per heavy atom. The number of hydrogen-bond acceptors (Lipinski definition) is 9. The normalized spacial score (nSPS) is 13.5. The Labute approximate surface area is 205 Å². The van der Waals surface area contributed by atoms with Crippen LogP contribution in [0.3, 0.4) is 0 Å². The fourth-order valence-corrected chi connectivity index (χ4v) is 8.06. The van der Waals surface area contributed by atoms with E-state index in [0.717, 1.165) is 37.9 Å². The van der Waals surface area contributed by atoms with Gasteiger partial charge in [-0.15, -0.1) is 11.3 Å². The summed E-state index contributed by atoms with van der Waals surface area (Å²) in [5.41, 5.74) is 0.454. The number of sulfonamides is 1. The molecule has 2 N–H and O–H groups in total. The van der Waals surface area contributed by atoms with Gasteiger partial charge in [-0.1, -0.05) is 48.5 Å². The van der Waals surface area contributed by atoms with Gasteiger partial charge in [-0.3, -0.25) is 10.1 Å². The molecule has 0 saturated carbocycles. The lowest BCUT2D eigenvalue weighted by molar-refractivity contribution is -0.384. The topological polar surface area (TPSA) is 142 Å². The van der Waals surface area contributed by atoms with Gasteiger partial charge in [0.25, 0.3) is 15.7 Å². The molecular formula is C22H20N3O7PS2. The van der Waals surface area contributed by atoms with Gasteiger partial charge in [-0.05, 0) is 35.2 Å². The number of hydrogen-bond donors (Lipinski definition) is 1. The molecule has 1 aromatic heterocycles. The smallest absolute Gasteiger partial charge is 0.410 e. The average Bonchev–Trinajstić information content (AvgIpc) is 3.30. The van der Waals surface area contributed by atoms with Crippen molar-refractivity contribution in [3.63, 3.8) is 0 Å². The second kappa shape index (κ2) is 10.2. The number of nitrogens with two attached hydrogens (primary N) is 1. The molecular weight excluding hydrogens is 513 g/mol. The third kappa shape index (κ3) is 5.76. The van der Waals surface area contributed by atoms with E-state index in [1.165, 1.54) is 12.1 Å². The minimum atomic E-state index is -4.25. The Kier molecular flexibility index (Phi) is 7.31. The molecule has 0 saturated heterocycles. The van der Waals surface area contributed by atoms with E-state index >= 15 is 0 Å². The van der Waals surface area contributed by atoms with E-state index in [9.17, 15) is 23.1 Å². The van der Waals surface area contributed by atoms with Crippen LogP contribution in [0.25, 0.3) is 10.1 Å². The number of rotatable bonds is 10. The van der Waals surface area contributed by atoms with Gasteiger partial charge in [0.05, 0.1) is 4.92 Å². The van der Waals surface area contributed by atoms with Gasteiger partial charge in [-0.2, -0.15) is 4.31 Å². The summed E-state index contributed by atoms with van der Waals surface area (Å²) in [6.45, 7) is -0.117. The third-order valence-corrected chi connectivity index (χ3v) is 10.0. The molecule has 4 aromatic rings. The number of nitro groups is 1. The van der Waals surface area contributed by atoms with Crippen molar-refractivity contribution in [2.24, 2.45) is 5.90 Å². The largest absolute Gasteiger partial charge is 0.423 e. The first kappa shape index (κ1) is 25.0. The van der Waals surface area contributed by atoms with Gasteiger partial charge in [0.1, 0.15) is 16.2 Å². The number of nitro benzene ring substituents is 1. The first-order chi connectivity index (χ1) is 16.7. The maximum atomic E-state index is 13.7. The molecule has 0 aliphatic rings. The molecule has 0 radical (unpaired) electrons. The lowest BCUT2D eigenvalue weighted by Crippen LogP contribution is -2.32. The van der Waals surface area contributed by atoms with E-state index in [-0.39, 0.29) is 22.2 Å². The van der Waals surface area contributed by atoms with Gasteiger partial charge in [-0.25, -0.2) is 23.5 Å². The number of fused-ring (bicyclic) bond motifs is 1. The summed E-state index contributed by atoms with van der Waals surface area (Å²) in [5, 5.41) is 11.6. The van der Waals surface area contributed by atoms with Crippen LogP contribution in [0, 0.1) is 10.1 Å². The zero-order valence-corrected chi connectivity index (χ0v) is 20.6. The predicted octanol–water partition coefficient (Wildman–Crippen LogP) is 5.12. The monoisotopic (exact) mass is 533 g/mol. The highest BCUT2D eigenvalue weighted by Gasteiger charge is 2.37. The number of benzene rings is 3. The van der Waals surface area contributed by atoms with Crippen LogP contribution in [0.2, 0.25) is 0 Å². The molecule has 3 aromatic carbocycles. The molecule has 1 atom stereocenters. The van der Waals surface area contributed by atoms with Crippen molar-refractivity contribution >= 4 is 44.7 Å². The van der Waals surface area contributed by atoms with Crippen LogP contribution in [0.4, 0.5) is 5.69 Å². The van der Waals surface area contributed by atoms with E-state index in [2.05, 4.69) is 4.62 Å². The van der Waals surface area contributed by atoms with Crippen LogP contribution in [-0.4, -0.2) is 23.9 Å². The second-order valence-corrected chi connectivity index (χ2v) is 12.6. The van der Waals surface area contributed by atoms with Gasteiger partial charge in [0.2, 0.25) is 0 Å². The zero-order chi connectivity index (χ0) is 25.1. The summed E-state index contributed by atoms with van der Waals surface area (Å²) in [7, 11) is -8.39. The first-order valence-electron chi connectivity index (χ1n) is 10.1. The summed E-state index contributed by atoms with van der Waals surface area (Å²) in [6, 6.07) is 22.3. The lowest BCUT2D eigenvalue weighted by Gasteiger charge is -2.25. The molecule has 0 spiro atoms. The Morgan fingerprint density at radius 1 is 1.00 bits per heavy atom. The van der Waals surface area contributed by atoms with Crippen molar-refractivity contribution in [1.82, 2.24) is 4.31 Å². The van der Waals surface area contributed by atoms with E-state index in [1.807, 2.05) is 18.2 Å². The Bertz CT molecular complexity index is 1460. The molecule has 182 valence electrons. The molecule has 13 heteroatoms. The molecule has 1 heterocycles. The Morgan fingerprint density at radius 3 is 2.29 bits per heavy atom. The molecule has 0 aliphatic heterocycles. The van der Waals surface area contributed by atoms with Crippen LogP contribution in [0.15, 0.2) is 89.1 Å². The Hall–Kier alpha value is -3.12. The fraction of sp³-hybridized carbons (Fsp3) is 0.0909. The number of nitrogens with zero attached hydrogens (tertiary/aromatic N) is 2. The van der Waals surface area contributed by atoms with Gasteiger partial charge >= 0.3 is 7.60 Å². The molecule has 0 fully saturated rings. The maximum absolute atomic E-state index is 13.7. The SMILES string of the molecule is NOP(=O)(CN(Cc1ccccc1)S(=O)(=O)c1cc2ccccc2s1)Oc1ccc([N+](=O)[O-])cc1. The zero-order valence-electron chi connectivity index (χ0n) is 18.1. The molecule has 35 heavy (non-hydrogen) atoms. The van der Waals surface area contributed by atoms with Crippen molar-refractivity contribution in [2.45, 2.75) is 10.8 Å². The van der Waals surface area contributed by atoms with Gasteiger partial charge in [0.15, 0.2) is 0 Å². The summed E-state index contributed by atoms with van der Waals surface area (Å²) in [5.74, 6) is 5.28. The van der Waals surface area contributed by atoms with Crippen LogP contribution >= 0.6 is 18.9 Å². The van der Waals surface area contributed by atoms with Crippen LogP contribution < -0.4 is 10.4 Å². The summed E-state index contributed by atoms with van der Waals surface area (Å²) < 4.78 is 52.7. The van der Waals surface area contributed by atoms with E-state index in [1.54, 1.807) is 42.5 Å². The summed E-state index contributed by atoms with van der Waals surface area (Å²) in [4.78, 5) is 10.3. The van der Waals surface area contributed by atoms with Crippen molar-refractivity contribution < 1.29 is 27.1 Å². The van der Waals surface area contributed by atoms with Crippen molar-refractivity contribution in [2.75, 3.05) is 6.29 Å². The quantitative estimate of drug-likeness (QED) is 0.168. The van der Waals surface area contributed by atoms with Crippen LogP contribution in [0.1, 0.15) is 5.56 Å². The molecule has 0 aliphatic carbocycles. The van der Waals surface area contributed by atoms with Crippen molar-refractivity contribution in [3.05, 3.63) is 101 Å². The van der Waals surface area contributed by atoms with Crippen LogP contribution in [-0.2, 0) is 25.8 Å². The predicted molar refractivity (Wildman–Crippen MR) is 132 cm³/mol. The average molecular weight is 534 g/mol. The number of thiophene rings is 1. The summed E-state index contributed by atoms with van der Waals surface area (Å²) in [6.07, 6.45) is -0.689. The lowest BCUT2D eigenvalue weighted by atomic mass is 10.2. The minimum absolute atomic E-state index is 0.0247. The molecule has 0 amide bonds. The van der Waals surface area contributed by atoms with E-state index < -0.39 is 28.8 Å². The van der Waals surface area contributed by atoms with E-state index in [0.29, 0.717) is 5.56 Å². The summed E-state index contributed by atoms with van der Waals surface area (Å²) >= 11 is 1.09. The molecule has 10 nitrogen and oxygen atoms in total. The third-order valence-electron chi connectivity index (χ3n) is 4.98. The second-order valence-electron chi connectivity index (χ2n) is 7.40. The first-order valence-corrected chi connectivity index (χ1v) is 14.1. The van der Waals surface area contributed by atoms with Gasteiger partial charge < -0.3 is 4.52 Å². The highest BCUT2D eigenvalue weighted by molar-refractivity contribution is 7.91. The maximum Gasteiger partial charge on any atom is 0.410 e. The fourth-order valence-electron chi connectivity index (χ4n) is 3.28. The van der Waals surface area contributed by atoms with Gasteiger partial charge in [0, 0.05) is 23.4 Å². The van der Waals surface area contributed by atoms with Crippen molar-refractivity contribution in [1.29, 1.82) is 0 Å². The number of non-ortho nitro benzene ring substituents is 1. The minimum Gasteiger partial charge on any atom is -0.423 e. The molecule has 4 rings (SSSR count). The Balaban J connectivity index is 1.68. The van der Waals surface area contributed by atoms with E-state index in [4.69, 9.17) is 10.4 Å². The highest BCUT2D eigenvalue weighted by atomic mass is 32.2. The molecule has 1 unspecified atom stereocenters. The van der Waals surface area contributed by atoms with Crippen LogP contribution in [0.5, 0.6) is 5.75 Å². The van der Waals surface area contributed by atoms with Crippen molar-refractivity contribution in [3.8, 4) is 5.75 Å².